The number of terminal acetylenes is 1. The molecule has 0 N–H and O–H groups in total. The first-order chi connectivity index (χ1) is 8.83. The summed E-state index contributed by atoms with van der Waals surface area (Å²) in [6, 6.07) is 1.99. The zero-order valence-corrected chi connectivity index (χ0v) is 11.3. The van der Waals surface area contributed by atoms with E-state index in [1.54, 1.807) is 0 Å². The highest BCUT2D eigenvalue weighted by Gasteiger charge is 2.11. The summed E-state index contributed by atoms with van der Waals surface area (Å²) >= 11 is 4.15. The van der Waals surface area contributed by atoms with E-state index in [0.717, 1.165) is 4.34 Å². The highest BCUT2D eigenvalue weighted by atomic mass is 32.2. The predicted molar refractivity (Wildman–Crippen MR) is 70.3 cm³/mol. The van der Waals surface area contributed by atoms with Gasteiger partial charge in [-0.3, -0.25) is 0 Å². The number of thioether (sulfide) groups is 1. The van der Waals surface area contributed by atoms with E-state index in [2.05, 4.69) is 26.1 Å². The second-order valence-electron chi connectivity index (χ2n) is 2.75. The van der Waals surface area contributed by atoms with E-state index in [-0.39, 0.29) is 5.69 Å². The van der Waals surface area contributed by atoms with Crippen molar-refractivity contribution in [3.63, 3.8) is 0 Å². The van der Waals surface area contributed by atoms with Crippen LogP contribution in [0.25, 0.3) is 0 Å². The normalized spacial score (nSPS) is 9.67. The Labute approximate surface area is 116 Å². The minimum atomic E-state index is 0.288. The van der Waals surface area contributed by atoms with Crippen molar-refractivity contribution < 1.29 is 0 Å². The van der Waals surface area contributed by atoms with Crippen LogP contribution in [0.3, 0.4) is 0 Å². The third-order valence-electron chi connectivity index (χ3n) is 1.62. The van der Waals surface area contributed by atoms with Crippen LogP contribution in [-0.4, -0.2) is 25.9 Å². The molecule has 0 bridgehead atoms. The van der Waals surface area contributed by atoms with Crippen molar-refractivity contribution >= 4 is 34.9 Å². The van der Waals surface area contributed by atoms with Crippen LogP contribution in [0.5, 0.6) is 0 Å². The number of hydrogen-bond acceptors (Lipinski definition) is 8. The molecule has 2 aromatic rings. The van der Waals surface area contributed by atoms with E-state index < -0.39 is 0 Å². The highest BCUT2D eigenvalue weighted by Crippen LogP contribution is 2.33. The molecule has 2 heterocycles. The van der Waals surface area contributed by atoms with E-state index in [9.17, 15) is 0 Å². The summed E-state index contributed by atoms with van der Waals surface area (Å²) in [6.07, 6.45) is 8.19. The fourth-order valence-electron chi connectivity index (χ4n) is 0.959. The third-order valence-corrected chi connectivity index (χ3v) is 4.63. The van der Waals surface area contributed by atoms with Crippen molar-refractivity contribution in [2.24, 2.45) is 0 Å². The molecule has 2 aromatic heterocycles. The van der Waals surface area contributed by atoms with Gasteiger partial charge >= 0.3 is 0 Å². The smallest absolute Gasteiger partial charge is 0.181 e. The SMILES string of the molecule is C#CCSc1nnc(Sc2nccnc2C#N)s1. The van der Waals surface area contributed by atoms with Crippen molar-refractivity contribution in [2.45, 2.75) is 13.7 Å². The predicted octanol–water partition coefficient (Wildman–Crippen LogP) is 2.08. The molecule has 0 aliphatic carbocycles. The van der Waals surface area contributed by atoms with E-state index in [4.69, 9.17) is 11.7 Å². The molecule has 0 saturated carbocycles. The van der Waals surface area contributed by atoms with E-state index in [1.165, 1.54) is 47.3 Å². The first-order valence-electron chi connectivity index (χ1n) is 4.62. The third kappa shape index (κ3) is 3.20. The maximum Gasteiger partial charge on any atom is 0.181 e. The summed E-state index contributed by atoms with van der Waals surface area (Å²) in [5.74, 6) is 3.09. The summed E-state index contributed by atoms with van der Waals surface area (Å²) in [4.78, 5) is 8.02. The molecule has 0 aliphatic heterocycles. The molecule has 0 radical (unpaired) electrons. The zero-order chi connectivity index (χ0) is 12.8. The molecule has 0 aromatic carbocycles. The number of rotatable bonds is 4. The molecule has 0 aliphatic rings. The molecule has 18 heavy (non-hydrogen) atoms. The van der Waals surface area contributed by atoms with Crippen LogP contribution in [0, 0.1) is 23.7 Å². The Hall–Kier alpha value is -1.61. The van der Waals surface area contributed by atoms with Gasteiger partial charge in [-0.05, 0) is 11.8 Å². The van der Waals surface area contributed by atoms with Crippen LogP contribution in [0.4, 0.5) is 0 Å². The van der Waals surface area contributed by atoms with Crippen LogP contribution >= 0.6 is 34.9 Å². The molecule has 0 saturated heterocycles. The van der Waals surface area contributed by atoms with Crippen LogP contribution in [0.15, 0.2) is 26.1 Å². The topological polar surface area (TPSA) is 75.3 Å². The van der Waals surface area contributed by atoms with Gasteiger partial charge in [0.1, 0.15) is 11.1 Å². The van der Waals surface area contributed by atoms with Gasteiger partial charge in [-0.25, -0.2) is 9.97 Å². The maximum absolute atomic E-state index is 8.89. The molecule has 0 spiro atoms. The van der Waals surface area contributed by atoms with Gasteiger partial charge < -0.3 is 0 Å². The molecule has 0 unspecified atom stereocenters. The first-order valence-corrected chi connectivity index (χ1v) is 7.24. The Morgan fingerprint density at radius 2 is 2.06 bits per heavy atom. The summed E-state index contributed by atoms with van der Waals surface area (Å²) in [6.45, 7) is 0. The lowest BCUT2D eigenvalue weighted by Crippen LogP contribution is -1.89. The molecule has 88 valence electrons. The van der Waals surface area contributed by atoms with Crippen LogP contribution in [-0.2, 0) is 0 Å². The molecule has 8 heteroatoms. The average molecular weight is 291 g/mol. The minimum absolute atomic E-state index is 0.288. The van der Waals surface area contributed by atoms with Gasteiger partial charge in [0.2, 0.25) is 0 Å². The average Bonchev–Trinajstić information content (AvgIpc) is 2.84. The Balaban J connectivity index is 2.12. The lowest BCUT2D eigenvalue weighted by Gasteiger charge is -1.96. The molecular weight excluding hydrogens is 286 g/mol. The van der Waals surface area contributed by atoms with Crippen LogP contribution in [0.1, 0.15) is 5.69 Å². The molecule has 0 amide bonds. The van der Waals surface area contributed by atoms with E-state index >= 15 is 0 Å². The van der Waals surface area contributed by atoms with Gasteiger partial charge in [-0.15, -0.1) is 16.6 Å². The minimum Gasteiger partial charge on any atom is -0.245 e. The quantitative estimate of drug-likeness (QED) is 0.630. The Morgan fingerprint density at radius 3 is 2.83 bits per heavy atom. The molecule has 0 fully saturated rings. The van der Waals surface area contributed by atoms with Crippen molar-refractivity contribution in [1.82, 2.24) is 20.2 Å². The Bertz CT molecular complexity index is 625. The highest BCUT2D eigenvalue weighted by molar-refractivity contribution is 8.03. The Morgan fingerprint density at radius 1 is 1.28 bits per heavy atom. The lowest BCUT2D eigenvalue weighted by atomic mass is 10.5. The fraction of sp³-hybridized carbons (Fsp3) is 0.100. The molecule has 0 atom stereocenters. The summed E-state index contributed by atoms with van der Waals surface area (Å²) in [7, 11) is 0. The maximum atomic E-state index is 8.89. The molecule has 5 nitrogen and oxygen atoms in total. The summed E-state index contributed by atoms with van der Waals surface area (Å²) in [5, 5.41) is 17.4. The lowest BCUT2D eigenvalue weighted by molar-refractivity contribution is 0.949. The van der Waals surface area contributed by atoms with Crippen LogP contribution in [0.2, 0.25) is 0 Å². The largest absolute Gasteiger partial charge is 0.245 e. The second-order valence-corrected chi connectivity index (χ2v) is 6.19. The van der Waals surface area contributed by atoms with Crippen LogP contribution < -0.4 is 0 Å². The van der Waals surface area contributed by atoms with Crippen molar-refractivity contribution in [2.75, 3.05) is 5.75 Å². The van der Waals surface area contributed by atoms with Crippen molar-refractivity contribution in [1.29, 1.82) is 5.26 Å². The Kier molecular flexibility index (Phi) is 4.53. The van der Waals surface area contributed by atoms with Gasteiger partial charge in [0.25, 0.3) is 0 Å². The number of hydrogen-bond donors (Lipinski definition) is 0. The number of nitriles is 1. The van der Waals surface area contributed by atoms with E-state index in [1.807, 2.05) is 6.07 Å². The van der Waals surface area contributed by atoms with Crippen molar-refractivity contribution in [3.8, 4) is 18.4 Å². The fourth-order valence-corrected chi connectivity index (χ4v) is 3.58. The standard InChI is InChI=1S/C10H5N5S3/c1-2-5-16-9-14-15-10(18-9)17-8-7(6-11)12-3-4-13-8/h1,3-4H,5H2. The van der Waals surface area contributed by atoms with Gasteiger partial charge in [0.05, 0.1) is 5.75 Å². The van der Waals surface area contributed by atoms with Crippen molar-refractivity contribution in [3.05, 3.63) is 18.1 Å². The van der Waals surface area contributed by atoms with Gasteiger partial charge in [0, 0.05) is 12.4 Å². The second kappa shape index (κ2) is 6.36. The van der Waals surface area contributed by atoms with Gasteiger partial charge in [0.15, 0.2) is 14.4 Å². The molecule has 2 rings (SSSR count). The summed E-state index contributed by atoms with van der Waals surface area (Å²) in [5.41, 5.74) is 0.288. The monoisotopic (exact) mass is 291 g/mol. The number of aromatic nitrogens is 4. The van der Waals surface area contributed by atoms with Gasteiger partial charge in [-0.2, -0.15) is 5.26 Å². The number of nitrogens with zero attached hydrogens (tertiary/aromatic N) is 5. The molecular formula is C10H5N5S3. The van der Waals surface area contributed by atoms with Gasteiger partial charge in [-0.1, -0.05) is 29.0 Å². The summed E-state index contributed by atoms with van der Waals surface area (Å²) < 4.78 is 1.52. The zero-order valence-electron chi connectivity index (χ0n) is 8.90. The first kappa shape index (κ1) is 12.8. The van der Waals surface area contributed by atoms with E-state index in [0.29, 0.717) is 15.1 Å².